The summed E-state index contributed by atoms with van der Waals surface area (Å²) in [5.41, 5.74) is 1.69. The molecule has 0 bridgehead atoms. The molecule has 0 radical (unpaired) electrons. The fraction of sp³-hybridized carbons (Fsp3) is 0.278. The summed E-state index contributed by atoms with van der Waals surface area (Å²) in [4.78, 5) is 12.0. The molecule has 0 fully saturated rings. The molecule has 0 saturated carbocycles. The van der Waals surface area contributed by atoms with Crippen LogP contribution in [0.3, 0.4) is 0 Å². The van der Waals surface area contributed by atoms with Crippen molar-refractivity contribution >= 4 is 21.4 Å². The van der Waals surface area contributed by atoms with Crippen LogP contribution in [0.5, 0.6) is 5.75 Å². The predicted octanol–water partition coefficient (Wildman–Crippen LogP) is 2.01. The van der Waals surface area contributed by atoms with Crippen LogP contribution in [-0.2, 0) is 14.6 Å². The molecule has 2 rings (SSSR count). The fourth-order valence-electron chi connectivity index (χ4n) is 2.15. The van der Waals surface area contributed by atoms with Crippen LogP contribution in [0.15, 0.2) is 53.4 Å². The SMILES string of the molecule is Cc1cccc(OCCNC(=O)CNc2cccc(S(C)(=O)=O)c2)c1. The number of nitrogens with one attached hydrogen (secondary N) is 2. The highest BCUT2D eigenvalue weighted by Crippen LogP contribution is 2.15. The molecule has 0 atom stereocenters. The average molecular weight is 362 g/mol. The quantitative estimate of drug-likeness (QED) is 0.702. The molecule has 0 aliphatic heterocycles. The van der Waals surface area contributed by atoms with Crippen LogP contribution in [0.4, 0.5) is 5.69 Å². The number of ether oxygens (including phenoxy) is 1. The lowest BCUT2D eigenvalue weighted by atomic mass is 10.2. The largest absolute Gasteiger partial charge is 0.492 e. The van der Waals surface area contributed by atoms with E-state index in [4.69, 9.17) is 4.74 Å². The van der Waals surface area contributed by atoms with Gasteiger partial charge in [0.1, 0.15) is 12.4 Å². The minimum Gasteiger partial charge on any atom is -0.492 e. The summed E-state index contributed by atoms with van der Waals surface area (Å²) in [6.45, 7) is 2.80. The van der Waals surface area contributed by atoms with Crippen molar-refractivity contribution in [2.75, 3.05) is 31.3 Å². The van der Waals surface area contributed by atoms with E-state index in [-0.39, 0.29) is 17.3 Å². The van der Waals surface area contributed by atoms with Gasteiger partial charge in [0.05, 0.1) is 18.0 Å². The number of sulfone groups is 1. The van der Waals surface area contributed by atoms with Crippen LogP contribution in [0.25, 0.3) is 0 Å². The van der Waals surface area contributed by atoms with Gasteiger partial charge in [0.15, 0.2) is 9.84 Å². The minimum absolute atomic E-state index is 0.0532. The van der Waals surface area contributed by atoms with Crippen molar-refractivity contribution in [2.45, 2.75) is 11.8 Å². The maximum absolute atomic E-state index is 11.8. The van der Waals surface area contributed by atoms with Gasteiger partial charge in [-0.1, -0.05) is 18.2 Å². The molecule has 7 heteroatoms. The molecule has 6 nitrogen and oxygen atoms in total. The Labute approximate surface area is 148 Å². The lowest BCUT2D eigenvalue weighted by molar-refractivity contribution is -0.119. The average Bonchev–Trinajstić information content (AvgIpc) is 2.56. The summed E-state index contributed by atoms with van der Waals surface area (Å²) < 4.78 is 28.6. The molecule has 0 saturated heterocycles. The van der Waals surface area contributed by atoms with Gasteiger partial charge in [-0.25, -0.2) is 8.42 Å². The van der Waals surface area contributed by atoms with Crippen molar-refractivity contribution in [3.8, 4) is 5.75 Å². The van der Waals surface area contributed by atoms with Gasteiger partial charge < -0.3 is 15.4 Å². The maximum Gasteiger partial charge on any atom is 0.239 e. The third-order valence-corrected chi connectivity index (χ3v) is 4.51. The van der Waals surface area contributed by atoms with E-state index in [2.05, 4.69) is 10.6 Å². The molecule has 0 unspecified atom stereocenters. The molecule has 2 aromatic rings. The van der Waals surface area contributed by atoms with Crippen LogP contribution in [-0.4, -0.2) is 40.3 Å². The normalized spacial score (nSPS) is 11.0. The first-order valence-corrected chi connectivity index (χ1v) is 9.74. The van der Waals surface area contributed by atoms with Gasteiger partial charge in [0, 0.05) is 11.9 Å². The van der Waals surface area contributed by atoms with Gasteiger partial charge in [-0.2, -0.15) is 0 Å². The van der Waals surface area contributed by atoms with E-state index in [0.717, 1.165) is 17.6 Å². The molecule has 0 aliphatic rings. The van der Waals surface area contributed by atoms with Gasteiger partial charge in [-0.05, 0) is 42.8 Å². The summed E-state index contributed by atoms with van der Waals surface area (Å²) >= 11 is 0. The second-order valence-corrected chi connectivity index (χ2v) is 7.68. The van der Waals surface area contributed by atoms with Crippen LogP contribution in [0, 0.1) is 6.92 Å². The summed E-state index contributed by atoms with van der Waals surface area (Å²) in [7, 11) is -3.27. The molecule has 1 amide bonds. The zero-order chi connectivity index (χ0) is 18.3. The van der Waals surface area contributed by atoms with Crippen LogP contribution < -0.4 is 15.4 Å². The standard InChI is InChI=1S/C18H22N2O4S/c1-14-5-3-7-16(11-14)24-10-9-19-18(21)13-20-15-6-4-8-17(12-15)25(2,22)23/h3-8,11-12,20H,9-10,13H2,1-2H3,(H,19,21). The molecule has 134 valence electrons. The second-order valence-electron chi connectivity index (χ2n) is 5.67. The third kappa shape index (κ3) is 6.46. The van der Waals surface area contributed by atoms with Gasteiger partial charge in [0.25, 0.3) is 0 Å². The van der Waals surface area contributed by atoms with E-state index in [1.165, 1.54) is 12.1 Å². The number of rotatable bonds is 8. The molecule has 2 N–H and O–H groups in total. The van der Waals surface area contributed by atoms with Crippen molar-refractivity contribution in [1.82, 2.24) is 5.32 Å². The Kier molecular flexibility index (Phi) is 6.41. The summed E-state index contributed by atoms with van der Waals surface area (Å²) in [5.74, 6) is 0.572. The number of carbonyl (C=O) groups excluding carboxylic acids is 1. The first kappa shape index (κ1) is 18.8. The lowest BCUT2D eigenvalue weighted by Crippen LogP contribution is -2.33. The summed E-state index contributed by atoms with van der Waals surface area (Å²) in [6, 6.07) is 14.1. The third-order valence-electron chi connectivity index (χ3n) is 3.40. The van der Waals surface area contributed by atoms with Crippen LogP contribution in [0.1, 0.15) is 5.56 Å². The van der Waals surface area contributed by atoms with Crippen molar-refractivity contribution < 1.29 is 17.9 Å². The van der Waals surface area contributed by atoms with E-state index in [9.17, 15) is 13.2 Å². The molecule has 2 aromatic carbocycles. The van der Waals surface area contributed by atoms with E-state index in [1.807, 2.05) is 31.2 Å². The Balaban J connectivity index is 1.72. The summed E-state index contributed by atoms with van der Waals surface area (Å²) in [5, 5.41) is 5.64. The smallest absolute Gasteiger partial charge is 0.239 e. The Bertz CT molecular complexity index is 834. The molecular weight excluding hydrogens is 340 g/mol. The van der Waals surface area contributed by atoms with Crippen molar-refractivity contribution in [2.24, 2.45) is 0 Å². The Hall–Kier alpha value is -2.54. The Morgan fingerprint density at radius 1 is 1.12 bits per heavy atom. The van der Waals surface area contributed by atoms with Crippen LogP contribution in [0.2, 0.25) is 0 Å². The number of hydrogen-bond acceptors (Lipinski definition) is 5. The zero-order valence-electron chi connectivity index (χ0n) is 14.3. The summed E-state index contributed by atoms with van der Waals surface area (Å²) in [6.07, 6.45) is 1.15. The molecule has 25 heavy (non-hydrogen) atoms. The lowest BCUT2D eigenvalue weighted by Gasteiger charge is -2.10. The van der Waals surface area contributed by atoms with Gasteiger partial charge >= 0.3 is 0 Å². The second kappa shape index (κ2) is 8.53. The maximum atomic E-state index is 11.8. The van der Waals surface area contributed by atoms with E-state index >= 15 is 0 Å². The van der Waals surface area contributed by atoms with Gasteiger partial charge in [0.2, 0.25) is 5.91 Å². The van der Waals surface area contributed by atoms with E-state index < -0.39 is 9.84 Å². The number of aryl methyl sites for hydroxylation is 1. The number of anilines is 1. The number of carbonyl (C=O) groups is 1. The molecule has 0 aromatic heterocycles. The topological polar surface area (TPSA) is 84.5 Å². The predicted molar refractivity (Wildman–Crippen MR) is 97.7 cm³/mol. The highest BCUT2D eigenvalue weighted by molar-refractivity contribution is 7.90. The highest BCUT2D eigenvalue weighted by atomic mass is 32.2. The highest BCUT2D eigenvalue weighted by Gasteiger charge is 2.08. The number of hydrogen-bond donors (Lipinski definition) is 2. The van der Waals surface area contributed by atoms with Crippen molar-refractivity contribution in [3.05, 3.63) is 54.1 Å². The molecular formula is C18H22N2O4S. The Morgan fingerprint density at radius 3 is 2.60 bits per heavy atom. The first-order valence-electron chi connectivity index (χ1n) is 7.85. The van der Waals surface area contributed by atoms with Gasteiger partial charge in [-0.15, -0.1) is 0 Å². The van der Waals surface area contributed by atoms with Crippen LogP contribution >= 0.6 is 0 Å². The minimum atomic E-state index is -3.27. The van der Waals surface area contributed by atoms with Gasteiger partial charge in [-0.3, -0.25) is 4.79 Å². The number of amides is 1. The molecule has 0 spiro atoms. The van der Waals surface area contributed by atoms with E-state index in [1.54, 1.807) is 12.1 Å². The fourth-order valence-corrected chi connectivity index (χ4v) is 2.81. The molecule has 0 heterocycles. The molecule has 0 aliphatic carbocycles. The number of benzene rings is 2. The first-order chi connectivity index (χ1) is 11.8. The van der Waals surface area contributed by atoms with Crippen molar-refractivity contribution in [3.63, 3.8) is 0 Å². The monoisotopic (exact) mass is 362 g/mol. The van der Waals surface area contributed by atoms with E-state index in [0.29, 0.717) is 18.8 Å². The van der Waals surface area contributed by atoms with Crippen molar-refractivity contribution in [1.29, 1.82) is 0 Å². The zero-order valence-corrected chi connectivity index (χ0v) is 15.1. The Morgan fingerprint density at radius 2 is 1.88 bits per heavy atom.